The summed E-state index contributed by atoms with van der Waals surface area (Å²) in [7, 11) is -1.40. The number of carbonyl (C=O) groups is 1. The lowest BCUT2D eigenvalue weighted by atomic mass is 9.76. The SMILES string of the molecule is C[Si](C)(C)C#CCC(C=O)(CC=C1CC1)c1ccccc1. The summed E-state index contributed by atoms with van der Waals surface area (Å²) in [6.45, 7) is 6.70. The molecule has 0 bridgehead atoms. The van der Waals surface area contributed by atoms with E-state index in [1.165, 1.54) is 18.4 Å². The minimum absolute atomic E-state index is 0.483. The predicted molar refractivity (Wildman–Crippen MR) is 91.9 cm³/mol. The molecule has 1 atom stereocenters. The fourth-order valence-corrected chi connectivity index (χ4v) is 2.91. The van der Waals surface area contributed by atoms with Crippen LogP contribution < -0.4 is 0 Å². The van der Waals surface area contributed by atoms with Gasteiger partial charge in [0.25, 0.3) is 0 Å². The van der Waals surface area contributed by atoms with Crippen LogP contribution >= 0.6 is 0 Å². The zero-order chi connectivity index (χ0) is 15.3. The van der Waals surface area contributed by atoms with Crippen molar-refractivity contribution in [3.63, 3.8) is 0 Å². The van der Waals surface area contributed by atoms with Crippen LogP contribution in [0, 0.1) is 11.5 Å². The van der Waals surface area contributed by atoms with Gasteiger partial charge in [-0.2, -0.15) is 0 Å². The van der Waals surface area contributed by atoms with Gasteiger partial charge >= 0.3 is 0 Å². The molecule has 0 aliphatic heterocycles. The van der Waals surface area contributed by atoms with E-state index < -0.39 is 13.5 Å². The Labute approximate surface area is 129 Å². The molecule has 2 heteroatoms. The molecule has 0 amide bonds. The van der Waals surface area contributed by atoms with Crippen molar-refractivity contribution in [1.29, 1.82) is 0 Å². The minimum Gasteiger partial charge on any atom is -0.302 e. The van der Waals surface area contributed by atoms with Gasteiger partial charge in [0.2, 0.25) is 0 Å². The van der Waals surface area contributed by atoms with Gasteiger partial charge in [-0.1, -0.05) is 61.6 Å². The van der Waals surface area contributed by atoms with Crippen LogP contribution in [0.2, 0.25) is 19.6 Å². The molecule has 110 valence electrons. The Balaban J connectivity index is 2.29. The fourth-order valence-electron chi connectivity index (χ4n) is 2.29. The average Bonchev–Trinajstić information content (AvgIpc) is 3.27. The molecule has 1 nitrogen and oxygen atoms in total. The Morgan fingerprint density at radius 3 is 2.38 bits per heavy atom. The quantitative estimate of drug-likeness (QED) is 0.338. The van der Waals surface area contributed by atoms with Crippen molar-refractivity contribution < 1.29 is 4.79 Å². The number of aldehydes is 1. The first-order valence-electron chi connectivity index (χ1n) is 7.65. The maximum absolute atomic E-state index is 11.9. The molecule has 1 fully saturated rings. The van der Waals surface area contributed by atoms with E-state index in [2.05, 4.69) is 49.3 Å². The average molecular weight is 296 g/mol. The van der Waals surface area contributed by atoms with Gasteiger partial charge in [-0.15, -0.1) is 11.5 Å². The van der Waals surface area contributed by atoms with Gasteiger partial charge in [-0.05, 0) is 24.8 Å². The maximum Gasteiger partial charge on any atom is 0.131 e. The Kier molecular flexibility index (Phi) is 4.85. The standard InChI is InChI=1S/C19H24OSi/c1-21(2,3)15-7-13-19(16-20,14-12-17-10-11-17)18-8-5-4-6-9-18/h4-6,8-9,12,16H,10-11,13-14H2,1-3H3. The first-order chi connectivity index (χ1) is 9.95. The normalized spacial score (nSPS) is 16.4. The number of hydrogen-bond acceptors (Lipinski definition) is 1. The maximum atomic E-state index is 11.9. The molecule has 0 saturated heterocycles. The van der Waals surface area contributed by atoms with Crippen LogP contribution in [0.3, 0.4) is 0 Å². The van der Waals surface area contributed by atoms with Crippen molar-refractivity contribution >= 4 is 14.4 Å². The first-order valence-corrected chi connectivity index (χ1v) is 11.1. The van der Waals surface area contributed by atoms with Gasteiger partial charge in [0.1, 0.15) is 14.4 Å². The molecule has 0 spiro atoms. The Morgan fingerprint density at radius 1 is 1.19 bits per heavy atom. The third-order valence-corrected chi connectivity index (χ3v) is 4.66. The van der Waals surface area contributed by atoms with Crippen molar-refractivity contribution in [1.82, 2.24) is 0 Å². The lowest BCUT2D eigenvalue weighted by Crippen LogP contribution is -2.27. The monoisotopic (exact) mass is 296 g/mol. The van der Waals surface area contributed by atoms with Crippen LogP contribution in [-0.4, -0.2) is 14.4 Å². The van der Waals surface area contributed by atoms with Crippen molar-refractivity contribution in [3.05, 3.63) is 47.5 Å². The van der Waals surface area contributed by atoms with Crippen molar-refractivity contribution in [3.8, 4) is 11.5 Å². The summed E-state index contributed by atoms with van der Waals surface area (Å²) in [6, 6.07) is 10.1. The number of hydrogen-bond donors (Lipinski definition) is 0. The summed E-state index contributed by atoms with van der Waals surface area (Å²) in [5, 5.41) is 0. The summed E-state index contributed by atoms with van der Waals surface area (Å²) < 4.78 is 0. The minimum atomic E-state index is -1.40. The molecule has 1 saturated carbocycles. The third-order valence-electron chi connectivity index (χ3n) is 3.74. The van der Waals surface area contributed by atoms with E-state index in [1.807, 2.05) is 18.2 Å². The molecule has 1 aromatic carbocycles. The highest BCUT2D eigenvalue weighted by molar-refractivity contribution is 6.83. The van der Waals surface area contributed by atoms with Crippen LogP contribution in [0.1, 0.15) is 31.2 Å². The first kappa shape index (κ1) is 15.8. The second-order valence-corrected chi connectivity index (χ2v) is 11.7. The second-order valence-electron chi connectivity index (χ2n) is 6.94. The van der Waals surface area contributed by atoms with Gasteiger partial charge in [0, 0.05) is 6.42 Å². The summed E-state index contributed by atoms with van der Waals surface area (Å²) in [5.41, 5.74) is 5.48. The highest BCUT2D eigenvalue weighted by atomic mass is 28.3. The summed E-state index contributed by atoms with van der Waals surface area (Å²) >= 11 is 0. The van der Waals surface area contributed by atoms with Crippen LogP contribution in [-0.2, 0) is 10.2 Å². The van der Waals surface area contributed by atoms with Crippen LogP contribution in [0.15, 0.2) is 42.0 Å². The van der Waals surface area contributed by atoms with Crippen LogP contribution in [0.25, 0.3) is 0 Å². The lowest BCUT2D eigenvalue weighted by Gasteiger charge is -2.25. The molecule has 1 aliphatic rings. The lowest BCUT2D eigenvalue weighted by molar-refractivity contribution is -0.112. The Morgan fingerprint density at radius 2 is 1.86 bits per heavy atom. The van der Waals surface area contributed by atoms with Crippen LogP contribution in [0.4, 0.5) is 0 Å². The van der Waals surface area contributed by atoms with Crippen LogP contribution in [0.5, 0.6) is 0 Å². The second kappa shape index (κ2) is 6.45. The molecule has 0 radical (unpaired) electrons. The molecule has 0 aromatic heterocycles. The summed E-state index contributed by atoms with van der Waals surface area (Å²) in [6.07, 6.45) is 7.15. The van der Waals surface area contributed by atoms with E-state index in [0.717, 1.165) is 18.3 Å². The number of rotatable bonds is 5. The smallest absolute Gasteiger partial charge is 0.131 e. The summed E-state index contributed by atoms with van der Waals surface area (Å²) in [4.78, 5) is 11.9. The number of allylic oxidation sites excluding steroid dienone is 2. The molecular formula is C19H24OSi. The highest BCUT2D eigenvalue weighted by Crippen LogP contribution is 2.35. The largest absolute Gasteiger partial charge is 0.302 e. The van der Waals surface area contributed by atoms with Gasteiger partial charge in [0.05, 0.1) is 5.41 Å². The molecule has 0 N–H and O–H groups in total. The molecule has 1 unspecified atom stereocenters. The third kappa shape index (κ3) is 4.72. The van der Waals surface area contributed by atoms with E-state index in [-0.39, 0.29) is 0 Å². The Bertz CT molecular complexity index is 577. The van der Waals surface area contributed by atoms with E-state index >= 15 is 0 Å². The predicted octanol–water partition coefficient (Wildman–Crippen LogP) is 4.50. The fraction of sp³-hybridized carbons (Fsp3) is 0.421. The van der Waals surface area contributed by atoms with E-state index in [9.17, 15) is 4.79 Å². The van der Waals surface area contributed by atoms with E-state index in [4.69, 9.17) is 0 Å². The van der Waals surface area contributed by atoms with E-state index in [1.54, 1.807) is 0 Å². The van der Waals surface area contributed by atoms with Crippen molar-refractivity contribution in [2.45, 2.75) is 50.7 Å². The summed E-state index contributed by atoms with van der Waals surface area (Å²) in [5.74, 6) is 3.31. The van der Waals surface area contributed by atoms with Gasteiger partial charge in [-0.25, -0.2) is 0 Å². The van der Waals surface area contributed by atoms with Crippen molar-refractivity contribution in [2.24, 2.45) is 0 Å². The Hall–Kier alpha value is -1.59. The molecule has 1 aliphatic carbocycles. The highest BCUT2D eigenvalue weighted by Gasteiger charge is 2.31. The van der Waals surface area contributed by atoms with Gasteiger partial charge < -0.3 is 4.79 Å². The molecule has 1 aromatic rings. The zero-order valence-electron chi connectivity index (χ0n) is 13.3. The number of benzene rings is 1. The topological polar surface area (TPSA) is 17.1 Å². The zero-order valence-corrected chi connectivity index (χ0v) is 14.3. The number of carbonyl (C=O) groups excluding carboxylic acids is 1. The molecular weight excluding hydrogens is 272 g/mol. The van der Waals surface area contributed by atoms with Gasteiger partial charge in [-0.3, -0.25) is 0 Å². The van der Waals surface area contributed by atoms with Crippen molar-refractivity contribution in [2.75, 3.05) is 0 Å². The van der Waals surface area contributed by atoms with Gasteiger partial charge in [0.15, 0.2) is 0 Å². The van der Waals surface area contributed by atoms with E-state index in [0.29, 0.717) is 6.42 Å². The molecule has 21 heavy (non-hydrogen) atoms. The molecule has 0 heterocycles. The molecule has 2 rings (SSSR count).